The number of imidazole rings is 1. The van der Waals surface area contributed by atoms with Crippen LogP contribution >= 0.6 is 11.8 Å². The maximum atomic E-state index is 10.6. The van der Waals surface area contributed by atoms with E-state index in [2.05, 4.69) is 23.4 Å². The van der Waals surface area contributed by atoms with Gasteiger partial charge in [0.15, 0.2) is 5.16 Å². The van der Waals surface area contributed by atoms with E-state index in [0.29, 0.717) is 12.5 Å². The van der Waals surface area contributed by atoms with Crippen LogP contribution in [0, 0.1) is 0 Å². The Kier molecular flexibility index (Phi) is 6.21. The summed E-state index contributed by atoms with van der Waals surface area (Å²) in [4.78, 5) is 14.9. The summed E-state index contributed by atoms with van der Waals surface area (Å²) in [5.41, 5.74) is 1.14. The van der Waals surface area contributed by atoms with E-state index in [1.807, 2.05) is 6.20 Å². The van der Waals surface area contributed by atoms with Crippen LogP contribution in [0.25, 0.3) is 0 Å². The summed E-state index contributed by atoms with van der Waals surface area (Å²) in [5, 5.41) is 9.49. The fraction of sp³-hybridized carbons (Fsp3) is 0.667. The maximum absolute atomic E-state index is 10.6. The highest BCUT2D eigenvalue weighted by molar-refractivity contribution is 7.99. The van der Waals surface area contributed by atoms with Crippen molar-refractivity contribution >= 4 is 17.7 Å². The summed E-state index contributed by atoms with van der Waals surface area (Å²) in [6.45, 7) is 5.72. The van der Waals surface area contributed by atoms with Gasteiger partial charge in [0.2, 0.25) is 0 Å². The first-order chi connectivity index (χ1) is 8.56. The Morgan fingerprint density at radius 1 is 1.61 bits per heavy atom. The Labute approximate surface area is 112 Å². The highest BCUT2D eigenvalue weighted by Crippen LogP contribution is 2.23. The average Bonchev–Trinajstić information content (AvgIpc) is 2.70. The van der Waals surface area contributed by atoms with E-state index in [1.54, 1.807) is 7.11 Å². The van der Waals surface area contributed by atoms with Gasteiger partial charge in [-0.15, -0.1) is 0 Å². The number of thioether (sulfide) groups is 1. The van der Waals surface area contributed by atoms with Gasteiger partial charge < -0.3 is 14.4 Å². The second-order valence-corrected chi connectivity index (χ2v) is 5.24. The number of rotatable bonds is 8. The third-order valence-corrected chi connectivity index (χ3v) is 3.47. The molecule has 0 aromatic carbocycles. The average molecular weight is 272 g/mol. The molecule has 0 aliphatic heterocycles. The topological polar surface area (TPSA) is 64.4 Å². The molecule has 1 aromatic rings. The van der Waals surface area contributed by atoms with Crippen molar-refractivity contribution in [2.45, 2.75) is 37.9 Å². The van der Waals surface area contributed by atoms with Crippen molar-refractivity contribution in [2.24, 2.45) is 0 Å². The van der Waals surface area contributed by atoms with Gasteiger partial charge >= 0.3 is 5.97 Å². The van der Waals surface area contributed by atoms with Crippen molar-refractivity contribution < 1.29 is 14.6 Å². The van der Waals surface area contributed by atoms with Gasteiger partial charge in [0.05, 0.1) is 5.75 Å². The van der Waals surface area contributed by atoms with Crippen LogP contribution in [-0.4, -0.2) is 40.1 Å². The molecule has 0 bridgehead atoms. The number of aliphatic carboxylic acids is 1. The summed E-state index contributed by atoms with van der Waals surface area (Å²) in [5.74, 6) is -0.407. The van der Waals surface area contributed by atoms with Crippen LogP contribution in [0.3, 0.4) is 0 Å². The van der Waals surface area contributed by atoms with Crippen LogP contribution in [0.2, 0.25) is 0 Å². The number of methoxy groups -OCH3 is 1. The van der Waals surface area contributed by atoms with E-state index in [4.69, 9.17) is 9.84 Å². The molecule has 1 aromatic heterocycles. The minimum atomic E-state index is -0.822. The van der Waals surface area contributed by atoms with Crippen LogP contribution < -0.4 is 0 Å². The van der Waals surface area contributed by atoms with E-state index in [1.165, 1.54) is 11.8 Å². The van der Waals surface area contributed by atoms with Crippen LogP contribution in [-0.2, 0) is 16.1 Å². The number of carboxylic acid groups (broad SMARTS) is 1. The van der Waals surface area contributed by atoms with Gasteiger partial charge in [-0.2, -0.15) is 0 Å². The molecule has 0 unspecified atom stereocenters. The molecule has 1 rings (SSSR count). The van der Waals surface area contributed by atoms with Crippen molar-refractivity contribution in [3.05, 3.63) is 11.9 Å². The van der Waals surface area contributed by atoms with Crippen molar-refractivity contribution in [3.8, 4) is 0 Å². The Hall–Kier alpha value is -1.01. The molecule has 5 nitrogen and oxygen atoms in total. The smallest absolute Gasteiger partial charge is 0.313 e. The van der Waals surface area contributed by atoms with E-state index >= 15 is 0 Å². The molecule has 1 N–H and O–H groups in total. The molecule has 0 aliphatic carbocycles. The van der Waals surface area contributed by atoms with Gasteiger partial charge in [0.25, 0.3) is 0 Å². The Bertz CT molecular complexity index is 391. The second kappa shape index (κ2) is 7.43. The minimum absolute atomic E-state index is 0.0405. The Morgan fingerprint density at radius 3 is 2.89 bits per heavy atom. The zero-order valence-electron chi connectivity index (χ0n) is 11.0. The summed E-state index contributed by atoms with van der Waals surface area (Å²) < 4.78 is 7.14. The monoisotopic (exact) mass is 272 g/mol. The first-order valence-corrected chi connectivity index (χ1v) is 6.93. The molecule has 0 amide bonds. The maximum Gasteiger partial charge on any atom is 0.313 e. The van der Waals surface area contributed by atoms with Gasteiger partial charge in [0.1, 0.15) is 0 Å². The summed E-state index contributed by atoms with van der Waals surface area (Å²) in [7, 11) is 1.68. The Morgan fingerprint density at radius 2 is 2.33 bits per heavy atom. The number of carbonyl (C=O) groups is 1. The molecule has 102 valence electrons. The summed E-state index contributed by atoms with van der Waals surface area (Å²) in [6.07, 6.45) is 2.73. The second-order valence-electron chi connectivity index (χ2n) is 4.30. The minimum Gasteiger partial charge on any atom is -0.481 e. The molecule has 0 spiro atoms. The molecule has 0 saturated carbocycles. The fourth-order valence-corrected chi connectivity index (χ4v) is 2.40. The molecule has 1 heterocycles. The predicted octanol–water partition coefficient (Wildman–Crippen LogP) is 2.22. The summed E-state index contributed by atoms with van der Waals surface area (Å²) >= 11 is 1.26. The highest BCUT2D eigenvalue weighted by atomic mass is 32.2. The van der Waals surface area contributed by atoms with Crippen LogP contribution in [0.5, 0.6) is 0 Å². The largest absolute Gasteiger partial charge is 0.481 e. The molecule has 18 heavy (non-hydrogen) atoms. The van der Waals surface area contributed by atoms with Crippen molar-refractivity contribution in [3.63, 3.8) is 0 Å². The number of carboxylic acids is 1. The van der Waals surface area contributed by atoms with E-state index < -0.39 is 5.97 Å². The first-order valence-electron chi connectivity index (χ1n) is 5.95. The first kappa shape index (κ1) is 15.0. The highest BCUT2D eigenvalue weighted by Gasteiger charge is 2.13. The van der Waals surface area contributed by atoms with E-state index in [9.17, 15) is 4.79 Å². The van der Waals surface area contributed by atoms with Gasteiger partial charge in [0, 0.05) is 32.2 Å². The third kappa shape index (κ3) is 4.34. The Balaban J connectivity index is 2.78. The predicted molar refractivity (Wildman–Crippen MR) is 71.2 cm³/mol. The number of aromatic nitrogens is 2. The van der Waals surface area contributed by atoms with Crippen LogP contribution in [0.4, 0.5) is 0 Å². The van der Waals surface area contributed by atoms with Crippen LogP contribution in [0.15, 0.2) is 11.4 Å². The van der Waals surface area contributed by atoms with Gasteiger partial charge in [-0.1, -0.05) is 25.6 Å². The molecular weight excluding hydrogens is 252 g/mol. The van der Waals surface area contributed by atoms with Gasteiger partial charge in [-0.25, -0.2) is 4.98 Å². The lowest BCUT2D eigenvalue weighted by molar-refractivity contribution is -0.133. The third-order valence-electron chi connectivity index (χ3n) is 2.50. The zero-order valence-corrected chi connectivity index (χ0v) is 11.9. The molecule has 0 atom stereocenters. The van der Waals surface area contributed by atoms with Crippen molar-refractivity contribution in [1.82, 2.24) is 9.55 Å². The number of hydrogen-bond acceptors (Lipinski definition) is 4. The number of ether oxygens (including phenoxy) is 1. The molecular formula is C12H20N2O3S. The van der Waals surface area contributed by atoms with Crippen molar-refractivity contribution in [1.29, 1.82) is 0 Å². The molecule has 0 fully saturated rings. The number of hydrogen-bond donors (Lipinski definition) is 1. The lowest BCUT2D eigenvalue weighted by Crippen LogP contribution is -2.09. The van der Waals surface area contributed by atoms with E-state index in [0.717, 1.165) is 23.8 Å². The van der Waals surface area contributed by atoms with Gasteiger partial charge in [-0.05, 0) is 12.3 Å². The molecule has 0 aliphatic rings. The molecule has 6 heteroatoms. The molecule has 0 radical (unpaired) electrons. The SMILES string of the molecule is COCCCn1c(C(C)C)cnc1SCC(=O)O. The zero-order chi connectivity index (χ0) is 13.5. The molecule has 0 saturated heterocycles. The fourth-order valence-electron chi connectivity index (χ4n) is 1.67. The van der Waals surface area contributed by atoms with E-state index in [-0.39, 0.29) is 5.75 Å². The lowest BCUT2D eigenvalue weighted by atomic mass is 10.1. The standard InChI is InChI=1S/C12H20N2O3S/c1-9(2)10-7-13-12(18-8-11(15)16)14(10)5-4-6-17-3/h7,9H,4-6,8H2,1-3H3,(H,15,16). The van der Waals surface area contributed by atoms with Crippen molar-refractivity contribution in [2.75, 3.05) is 19.5 Å². The van der Waals surface area contributed by atoms with Gasteiger partial charge in [-0.3, -0.25) is 4.79 Å². The van der Waals surface area contributed by atoms with Crippen LogP contribution in [0.1, 0.15) is 31.9 Å². The quantitative estimate of drug-likeness (QED) is 0.580. The normalized spacial score (nSPS) is 11.1. The summed E-state index contributed by atoms with van der Waals surface area (Å²) in [6, 6.07) is 0. The number of nitrogens with zero attached hydrogens (tertiary/aromatic N) is 2. The lowest BCUT2D eigenvalue weighted by Gasteiger charge is -2.13.